The molecule has 0 heterocycles. The van der Waals surface area contributed by atoms with Crippen molar-refractivity contribution in [3.8, 4) is 17.9 Å². The molecule has 0 bridgehead atoms. The first-order valence-electron chi connectivity index (χ1n) is 7.56. The van der Waals surface area contributed by atoms with Crippen molar-refractivity contribution in [3.63, 3.8) is 0 Å². The molecule has 2 N–H and O–H groups in total. The minimum Gasteiger partial charge on any atom is -0.478 e. The van der Waals surface area contributed by atoms with Gasteiger partial charge in [-0.2, -0.15) is 5.26 Å². The van der Waals surface area contributed by atoms with Crippen molar-refractivity contribution in [1.82, 2.24) is 0 Å². The molecule has 0 spiro atoms. The molecule has 0 saturated heterocycles. The van der Waals surface area contributed by atoms with Crippen molar-refractivity contribution in [2.45, 2.75) is 18.4 Å². The Labute approximate surface area is 140 Å². The number of carboxylic acid groups (broad SMARTS) is 1. The fourth-order valence-electron chi connectivity index (χ4n) is 2.69. The number of hydrogen-bond donors (Lipinski definition) is 2. The largest absolute Gasteiger partial charge is 0.478 e. The van der Waals surface area contributed by atoms with Crippen LogP contribution in [-0.4, -0.2) is 16.2 Å². The molecule has 1 fully saturated rings. The fourth-order valence-corrected chi connectivity index (χ4v) is 2.69. The molecule has 1 aliphatic rings. The lowest BCUT2D eigenvalue weighted by Gasteiger charge is -2.27. The van der Waals surface area contributed by atoms with E-state index < -0.39 is 17.0 Å². The molecule has 0 radical (unpaired) electrons. The number of carbonyl (C=O) groups is 1. The van der Waals surface area contributed by atoms with Gasteiger partial charge in [0, 0.05) is 5.56 Å². The van der Waals surface area contributed by atoms with Gasteiger partial charge in [-0.1, -0.05) is 42.2 Å². The van der Waals surface area contributed by atoms with E-state index in [0.717, 1.165) is 0 Å². The predicted molar refractivity (Wildman–Crippen MR) is 87.9 cm³/mol. The standard InChI is InChI=1S/C20H15NO3/c21-14-19(12-13-19)20(24,17-4-2-1-3-5-17)11-10-15-6-8-16(9-7-15)18(22)23/h1-9,24H,12-13H2,(H,22,23)/t20-/m1/s1. The predicted octanol–water partition coefficient (Wildman–Crippen LogP) is 2.93. The highest BCUT2D eigenvalue weighted by Crippen LogP contribution is 2.57. The van der Waals surface area contributed by atoms with Crippen molar-refractivity contribution < 1.29 is 15.0 Å². The molecule has 24 heavy (non-hydrogen) atoms. The lowest BCUT2D eigenvalue weighted by molar-refractivity contribution is 0.0456. The van der Waals surface area contributed by atoms with E-state index in [2.05, 4.69) is 17.9 Å². The van der Waals surface area contributed by atoms with Gasteiger partial charge in [0.15, 0.2) is 5.60 Å². The van der Waals surface area contributed by atoms with Crippen molar-refractivity contribution in [2.75, 3.05) is 0 Å². The number of nitrogens with zero attached hydrogens (tertiary/aromatic N) is 1. The summed E-state index contributed by atoms with van der Waals surface area (Å²) >= 11 is 0. The summed E-state index contributed by atoms with van der Waals surface area (Å²) in [4.78, 5) is 10.9. The highest BCUT2D eigenvalue weighted by molar-refractivity contribution is 5.87. The lowest BCUT2D eigenvalue weighted by Crippen LogP contribution is -2.34. The zero-order valence-corrected chi connectivity index (χ0v) is 12.9. The van der Waals surface area contributed by atoms with Crippen LogP contribution in [0.15, 0.2) is 54.6 Å². The first kappa shape index (κ1) is 15.8. The highest BCUT2D eigenvalue weighted by atomic mass is 16.4. The molecule has 0 aliphatic heterocycles. The molecular weight excluding hydrogens is 302 g/mol. The van der Waals surface area contributed by atoms with Crippen LogP contribution < -0.4 is 0 Å². The van der Waals surface area contributed by atoms with Crippen molar-refractivity contribution >= 4 is 5.97 Å². The summed E-state index contributed by atoms with van der Waals surface area (Å²) in [7, 11) is 0. The summed E-state index contributed by atoms with van der Waals surface area (Å²) in [6.07, 6.45) is 1.20. The molecule has 1 aliphatic carbocycles. The second-order valence-electron chi connectivity index (χ2n) is 5.90. The molecule has 0 unspecified atom stereocenters. The van der Waals surface area contributed by atoms with Crippen LogP contribution in [-0.2, 0) is 5.60 Å². The smallest absolute Gasteiger partial charge is 0.335 e. The minimum absolute atomic E-state index is 0.176. The third-order valence-electron chi connectivity index (χ3n) is 4.37. The van der Waals surface area contributed by atoms with Crippen molar-refractivity contribution in [1.29, 1.82) is 5.26 Å². The summed E-state index contributed by atoms with van der Waals surface area (Å²) in [5.41, 5.74) is -1.08. The minimum atomic E-state index is -1.55. The van der Waals surface area contributed by atoms with Crippen molar-refractivity contribution in [3.05, 3.63) is 71.3 Å². The van der Waals surface area contributed by atoms with Gasteiger partial charge in [0.2, 0.25) is 0 Å². The van der Waals surface area contributed by atoms with Gasteiger partial charge < -0.3 is 10.2 Å². The topological polar surface area (TPSA) is 81.3 Å². The zero-order chi connectivity index (χ0) is 17.2. The van der Waals surface area contributed by atoms with Gasteiger partial charge >= 0.3 is 5.97 Å². The van der Waals surface area contributed by atoms with Crippen LogP contribution in [0, 0.1) is 28.6 Å². The molecule has 3 rings (SSSR count). The summed E-state index contributed by atoms with van der Waals surface area (Å²) < 4.78 is 0. The SMILES string of the molecule is N#CC1([C@@](O)(C#Cc2ccc(C(=O)O)cc2)c2ccccc2)CC1. The van der Waals surface area contributed by atoms with Gasteiger partial charge in [0.25, 0.3) is 0 Å². The van der Waals surface area contributed by atoms with Gasteiger partial charge in [-0.05, 0) is 42.7 Å². The Morgan fingerprint density at radius 3 is 2.21 bits per heavy atom. The van der Waals surface area contributed by atoms with Gasteiger partial charge in [-0.15, -0.1) is 0 Å². The van der Waals surface area contributed by atoms with Gasteiger partial charge in [0.05, 0.1) is 11.6 Å². The number of rotatable bonds is 3. The maximum absolute atomic E-state index is 11.2. The maximum atomic E-state index is 11.2. The molecule has 118 valence electrons. The molecule has 0 aromatic heterocycles. The molecule has 2 aromatic rings. The molecular formula is C20H15NO3. The Kier molecular flexibility index (Phi) is 3.85. The van der Waals surface area contributed by atoms with Crippen LogP contribution >= 0.6 is 0 Å². The van der Waals surface area contributed by atoms with Gasteiger partial charge in [-0.25, -0.2) is 4.79 Å². The normalized spacial score (nSPS) is 16.8. The van der Waals surface area contributed by atoms with E-state index in [4.69, 9.17) is 5.11 Å². The zero-order valence-electron chi connectivity index (χ0n) is 12.9. The number of benzene rings is 2. The third kappa shape index (κ3) is 2.65. The summed E-state index contributed by atoms with van der Waals surface area (Å²) in [5, 5.41) is 29.6. The summed E-state index contributed by atoms with van der Waals surface area (Å²) in [6, 6.07) is 17.3. The number of aliphatic hydroxyl groups is 1. The Morgan fingerprint density at radius 2 is 1.71 bits per heavy atom. The van der Waals surface area contributed by atoms with E-state index in [-0.39, 0.29) is 5.56 Å². The van der Waals surface area contributed by atoms with Crippen molar-refractivity contribution in [2.24, 2.45) is 5.41 Å². The average molecular weight is 317 g/mol. The molecule has 4 heteroatoms. The number of hydrogen-bond acceptors (Lipinski definition) is 3. The molecule has 4 nitrogen and oxygen atoms in total. The Hall–Kier alpha value is -3.08. The number of nitriles is 1. The van der Waals surface area contributed by atoms with E-state index in [9.17, 15) is 15.2 Å². The summed E-state index contributed by atoms with van der Waals surface area (Å²) in [6.45, 7) is 0. The number of carboxylic acids is 1. The second-order valence-corrected chi connectivity index (χ2v) is 5.90. The Morgan fingerprint density at radius 1 is 1.08 bits per heavy atom. The highest BCUT2D eigenvalue weighted by Gasteiger charge is 2.60. The Bertz CT molecular complexity index is 865. The van der Waals surface area contributed by atoms with Crippen LogP contribution in [0.2, 0.25) is 0 Å². The molecule has 1 saturated carbocycles. The second kappa shape index (κ2) is 5.85. The average Bonchev–Trinajstić information content (AvgIpc) is 3.42. The van der Waals surface area contributed by atoms with Crippen LogP contribution in [0.1, 0.15) is 34.3 Å². The van der Waals surface area contributed by atoms with E-state index >= 15 is 0 Å². The maximum Gasteiger partial charge on any atom is 0.335 e. The lowest BCUT2D eigenvalue weighted by atomic mass is 9.79. The Balaban J connectivity index is 2.01. The summed E-state index contributed by atoms with van der Waals surface area (Å²) in [5.74, 6) is 4.75. The van der Waals surface area contributed by atoms with E-state index in [1.54, 1.807) is 36.4 Å². The first-order chi connectivity index (χ1) is 11.5. The van der Waals surface area contributed by atoms with Crippen LogP contribution in [0.5, 0.6) is 0 Å². The fraction of sp³-hybridized carbons (Fsp3) is 0.200. The van der Waals surface area contributed by atoms with Crippen LogP contribution in [0.3, 0.4) is 0 Å². The van der Waals surface area contributed by atoms with Gasteiger partial charge in [-0.3, -0.25) is 0 Å². The first-order valence-corrected chi connectivity index (χ1v) is 7.56. The number of aromatic carboxylic acids is 1. The molecule has 1 atom stereocenters. The van der Waals surface area contributed by atoms with E-state index in [0.29, 0.717) is 24.0 Å². The molecule has 0 amide bonds. The van der Waals surface area contributed by atoms with Gasteiger partial charge in [0.1, 0.15) is 5.41 Å². The third-order valence-corrected chi connectivity index (χ3v) is 4.37. The van der Waals surface area contributed by atoms with E-state index in [1.807, 2.05) is 6.07 Å². The van der Waals surface area contributed by atoms with E-state index in [1.165, 1.54) is 12.1 Å². The van der Waals surface area contributed by atoms with Crippen LogP contribution in [0.25, 0.3) is 0 Å². The molecule has 2 aromatic carbocycles. The monoisotopic (exact) mass is 317 g/mol. The quantitative estimate of drug-likeness (QED) is 0.853. The van der Waals surface area contributed by atoms with Crippen LogP contribution in [0.4, 0.5) is 0 Å².